The lowest BCUT2D eigenvalue weighted by Gasteiger charge is -2.08. The Kier molecular flexibility index (Phi) is 5.73. The Hall–Kier alpha value is -0.540. The highest BCUT2D eigenvalue weighted by molar-refractivity contribution is 9.10. The third-order valence-electron chi connectivity index (χ3n) is 2.19. The van der Waals surface area contributed by atoms with Crippen molar-refractivity contribution in [3.05, 3.63) is 28.2 Å². The molecule has 0 saturated carbocycles. The summed E-state index contributed by atoms with van der Waals surface area (Å²) in [4.78, 5) is 0. The molecule has 84 valence electrons. The van der Waals surface area contributed by atoms with E-state index < -0.39 is 0 Å². The van der Waals surface area contributed by atoms with E-state index in [0.717, 1.165) is 42.6 Å². The van der Waals surface area contributed by atoms with Crippen molar-refractivity contribution in [2.45, 2.75) is 26.2 Å². The molecular weight excluding hydrogens is 254 g/mol. The van der Waals surface area contributed by atoms with Gasteiger partial charge < -0.3 is 10.5 Å². The molecule has 2 N–H and O–H groups in total. The van der Waals surface area contributed by atoms with Crippen LogP contribution in [0.5, 0.6) is 5.75 Å². The second-order valence-electron chi connectivity index (χ2n) is 3.63. The zero-order chi connectivity index (χ0) is 11.1. The molecular formula is C12H18BrNO. The lowest BCUT2D eigenvalue weighted by Crippen LogP contribution is -2.01. The minimum Gasteiger partial charge on any atom is -0.492 e. The van der Waals surface area contributed by atoms with Crippen LogP contribution in [-0.4, -0.2) is 13.2 Å². The molecule has 0 unspecified atom stereocenters. The predicted octanol–water partition coefficient (Wildman–Crippen LogP) is 3.27. The highest BCUT2D eigenvalue weighted by atomic mass is 79.9. The van der Waals surface area contributed by atoms with Gasteiger partial charge in [-0.1, -0.05) is 6.07 Å². The standard InChI is InChI=1S/C12H18BrNO/c1-10-5-6-12(11(13)9-10)15-8-4-2-3-7-14/h5-6,9H,2-4,7-8,14H2,1H3. The van der Waals surface area contributed by atoms with Gasteiger partial charge in [0.2, 0.25) is 0 Å². The highest BCUT2D eigenvalue weighted by Gasteiger charge is 2.00. The van der Waals surface area contributed by atoms with Gasteiger partial charge in [-0.2, -0.15) is 0 Å². The normalized spacial score (nSPS) is 10.3. The number of nitrogens with two attached hydrogens (primary N) is 1. The van der Waals surface area contributed by atoms with Crippen LogP contribution in [0.3, 0.4) is 0 Å². The fourth-order valence-electron chi connectivity index (χ4n) is 1.33. The summed E-state index contributed by atoms with van der Waals surface area (Å²) in [5.41, 5.74) is 6.65. The SMILES string of the molecule is Cc1ccc(OCCCCCN)c(Br)c1. The van der Waals surface area contributed by atoms with Crippen molar-refractivity contribution >= 4 is 15.9 Å². The zero-order valence-electron chi connectivity index (χ0n) is 9.13. The molecule has 1 aromatic carbocycles. The summed E-state index contributed by atoms with van der Waals surface area (Å²) in [6.45, 7) is 3.60. The average Bonchev–Trinajstić information content (AvgIpc) is 2.20. The summed E-state index contributed by atoms with van der Waals surface area (Å²) >= 11 is 3.48. The molecule has 1 aromatic rings. The van der Waals surface area contributed by atoms with Crippen molar-refractivity contribution in [1.82, 2.24) is 0 Å². The lowest BCUT2D eigenvalue weighted by atomic mass is 10.2. The summed E-state index contributed by atoms with van der Waals surface area (Å²) in [5.74, 6) is 0.924. The summed E-state index contributed by atoms with van der Waals surface area (Å²) < 4.78 is 6.68. The Bertz CT molecular complexity index is 302. The van der Waals surface area contributed by atoms with Gasteiger partial charge in [-0.05, 0) is 66.4 Å². The van der Waals surface area contributed by atoms with Gasteiger partial charge in [0.15, 0.2) is 0 Å². The second kappa shape index (κ2) is 6.85. The largest absolute Gasteiger partial charge is 0.492 e. The quantitative estimate of drug-likeness (QED) is 0.807. The summed E-state index contributed by atoms with van der Waals surface area (Å²) in [6.07, 6.45) is 3.29. The Morgan fingerprint density at radius 1 is 1.27 bits per heavy atom. The van der Waals surface area contributed by atoms with Crippen molar-refractivity contribution in [2.24, 2.45) is 5.73 Å². The van der Waals surface area contributed by atoms with Gasteiger partial charge in [-0.15, -0.1) is 0 Å². The van der Waals surface area contributed by atoms with Gasteiger partial charge in [0.1, 0.15) is 5.75 Å². The van der Waals surface area contributed by atoms with Gasteiger partial charge in [-0.25, -0.2) is 0 Å². The van der Waals surface area contributed by atoms with Crippen molar-refractivity contribution < 1.29 is 4.74 Å². The van der Waals surface area contributed by atoms with E-state index in [2.05, 4.69) is 35.0 Å². The van der Waals surface area contributed by atoms with E-state index in [-0.39, 0.29) is 0 Å². The minimum absolute atomic E-state index is 0.766. The number of hydrogen-bond donors (Lipinski definition) is 1. The Morgan fingerprint density at radius 2 is 2.07 bits per heavy atom. The van der Waals surface area contributed by atoms with Crippen LogP contribution in [0.4, 0.5) is 0 Å². The first-order valence-electron chi connectivity index (χ1n) is 5.33. The third kappa shape index (κ3) is 4.67. The minimum atomic E-state index is 0.766. The summed E-state index contributed by atoms with van der Waals surface area (Å²) in [5, 5.41) is 0. The smallest absolute Gasteiger partial charge is 0.133 e. The molecule has 0 aliphatic heterocycles. The van der Waals surface area contributed by atoms with Gasteiger partial charge in [0.05, 0.1) is 11.1 Å². The molecule has 0 atom stereocenters. The maximum absolute atomic E-state index is 5.65. The van der Waals surface area contributed by atoms with E-state index in [0.29, 0.717) is 0 Å². The Balaban J connectivity index is 2.31. The molecule has 0 fully saturated rings. The van der Waals surface area contributed by atoms with Crippen LogP contribution in [0.15, 0.2) is 22.7 Å². The van der Waals surface area contributed by atoms with E-state index in [1.54, 1.807) is 0 Å². The molecule has 0 radical (unpaired) electrons. The molecule has 2 nitrogen and oxygen atoms in total. The monoisotopic (exact) mass is 271 g/mol. The number of halogens is 1. The summed E-state index contributed by atoms with van der Waals surface area (Å²) in [7, 11) is 0. The van der Waals surface area contributed by atoms with Crippen LogP contribution < -0.4 is 10.5 Å². The molecule has 15 heavy (non-hydrogen) atoms. The molecule has 0 amide bonds. The van der Waals surface area contributed by atoms with Crippen LogP contribution in [0.2, 0.25) is 0 Å². The van der Waals surface area contributed by atoms with E-state index in [1.165, 1.54) is 5.56 Å². The van der Waals surface area contributed by atoms with E-state index in [9.17, 15) is 0 Å². The third-order valence-corrected chi connectivity index (χ3v) is 2.81. The molecule has 0 spiro atoms. The van der Waals surface area contributed by atoms with Crippen molar-refractivity contribution in [2.75, 3.05) is 13.2 Å². The van der Waals surface area contributed by atoms with Crippen LogP contribution in [-0.2, 0) is 0 Å². The molecule has 0 saturated heterocycles. The Labute approximate surface area is 99.9 Å². The zero-order valence-corrected chi connectivity index (χ0v) is 10.7. The molecule has 0 aliphatic rings. The lowest BCUT2D eigenvalue weighted by molar-refractivity contribution is 0.304. The van der Waals surface area contributed by atoms with Crippen molar-refractivity contribution in [3.8, 4) is 5.75 Å². The van der Waals surface area contributed by atoms with Gasteiger partial charge >= 0.3 is 0 Å². The van der Waals surface area contributed by atoms with Gasteiger partial charge in [0, 0.05) is 0 Å². The maximum Gasteiger partial charge on any atom is 0.133 e. The van der Waals surface area contributed by atoms with Crippen LogP contribution in [0.1, 0.15) is 24.8 Å². The molecule has 1 rings (SSSR count). The topological polar surface area (TPSA) is 35.2 Å². The molecule has 0 aromatic heterocycles. The van der Waals surface area contributed by atoms with Crippen LogP contribution >= 0.6 is 15.9 Å². The first-order chi connectivity index (χ1) is 7.24. The predicted molar refractivity (Wildman–Crippen MR) is 67.3 cm³/mol. The summed E-state index contributed by atoms with van der Waals surface area (Å²) in [6, 6.07) is 6.12. The van der Waals surface area contributed by atoms with Crippen LogP contribution in [0.25, 0.3) is 0 Å². The molecule has 3 heteroatoms. The number of hydrogen-bond acceptors (Lipinski definition) is 2. The number of rotatable bonds is 6. The first-order valence-corrected chi connectivity index (χ1v) is 6.12. The molecule has 0 aliphatic carbocycles. The van der Waals surface area contributed by atoms with E-state index in [4.69, 9.17) is 10.5 Å². The average molecular weight is 272 g/mol. The van der Waals surface area contributed by atoms with E-state index >= 15 is 0 Å². The maximum atomic E-state index is 5.65. The van der Waals surface area contributed by atoms with Crippen molar-refractivity contribution in [1.29, 1.82) is 0 Å². The molecule has 0 heterocycles. The molecule has 0 bridgehead atoms. The first kappa shape index (κ1) is 12.5. The number of ether oxygens (including phenoxy) is 1. The van der Waals surface area contributed by atoms with Gasteiger partial charge in [-0.3, -0.25) is 0 Å². The van der Waals surface area contributed by atoms with Gasteiger partial charge in [0.25, 0.3) is 0 Å². The highest BCUT2D eigenvalue weighted by Crippen LogP contribution is 2.25. The fraction of sp³-hybridized carbons (Fsp3) is 0.500. The van der Waals surface area contributed by atoms with E-state index in [1.807, 2.05) is 6.07 Å². The fourth-order valence-corrected chi connectivity index (χ4v) is 1.94. The van der Waals surface area contributed by atoms with Crippen LogP contribution in [0, 0.1) is 6.92 Å². The Morgan fingerprint density at radius 3 is 2.73 bits per heavy atom. The number of aryl methyl sites for hydroxylation is 1. The van der Waals surface area contributed by atoms with Crippen molar-refractivity contribution in [3.63, 3.8) is 0 Å². The second-order valence-corrected chi connectivity index (χ2v) is 4.49. The number of benzene rings is 1. The number of unbranched alkanes of at least 4 members (excludes halogenated alkanes) is 2.